The number of hydrogen-bond donors (Lipinski definition) is 1. The molecule has 3 aromatic carbocycles. The predicted molar refractivity (Wildman–Crippen MR) is 101 cm³/mol. The molecule has 0 spiro atoms. The minimum atomic E-state index is -2.46. The van der Waals surface area contributed by atoms with Crippen LogP contribution in [0.25, 0.3) is 22.3 Å². The number of benzene rings is 3. The molecule has 3 aromatic rings. The van der Waals surface area contributed by atoms with Gasteiger partial charge in [0.2, 0.25) is 0 Å². The fraction of sp³-hybridized carbons (Fsp3) is 0.0952. The van der Waals surface area contributed by atoms with Crippen molar-refractivity contribution >= 4 is 13.2 Å². The Labute approximate surface area is 152 Å². The van der Waals surface area contributed by atoms with Gasteiger partial charge in [-0.1, -0.05) is 72.8 Å². The average molecular weight is 348 g/mol. The van der Waals surface area contributed by atoms with Crippen molar-refractivity contribution in [1.82, 2.24) is 0 Å². The molecule has 0 aromatic heterocycles. The van der Waals surface area contributed by atoms with Crippen LogP contribution in [0.2, 0.25) is 0 Å². The van der Waals surface area contributed by atoms with E-state index in [1.165, 1.54) is 0 Å². The summed E-state index contributed by atoms with van der Waals surface area (Å²) in [4.78, 5) is 12.4. The van der Waals surface area contributed by atoms with Gasteiger partial charge in [0.1, 0.15) is 0 Å². The van der Waals surface area contributed by atoms with Crippen LogP contribution in [-0.4, -0.2) is 24.8 Å². The molecule has 0 saturated carbocycles. The summed E-state index contributed by atoms with van der Waals surface area (Å²) in [7, 11) is -2.46. The van der Waals surface area contributed by atoms with Crippen LogP contribution in [0.5, 0.6) is 0 Å². The fourth-order valence-electron chi connectivity index (χ4n) is 3.07. The van der Waals surface area contributed by atoms with Crippen LogP contribution in [0.15, 0.2) is 72.8 Å². The average Bonchev–Trinajstić information content (AvgIpc) is 2.67. The van der Waals surface area contributed by atoms with Gasteiger partial charge in [-0.05, 0) is 34.7 Å². The molecule has 0 amide bonds. The van der Waals surface area contributed by atoms with Crippen molar-refractivity contribution in [2.45, 2.75) is 6.92 Å². The third kappa shape index (κ3) is 3.90. The minimum absolute atomic E-state index is 0.379. The van der Waals surface area contributed by atoms with Crippen molar-refractivity contribution in [3.8, 4) is 22.3 Å². The van der Waals surface area contributed by atoms with Crippen LogP contribution in [0.4, 0.5) is 4.32 Å². The van der Waals surface area contributed by atoms with E-state index in [1.807, 2.05) is 73.7 Å². The molecule has 3 rings (SSSR count). The molecule has 130 valence electrons. The largest absolute Gasteiger partial charge is 0.677 e. The van der Waals surface area contributed by atoms with Crippen molar-refractivity contribution in [1.29, 1.82) is 0 Å². The minimum Gasteiger partial charge on any atom is -0.398 e. The molecule has 1 N–H and O–H groups in total. The lowest BCUT2D eigenvalue weighted by molar-refractivity contribution is 0.0886. The van der Waals surface area contributed by atoms with Crippen molar-refractivity contribution in [3.05, 3.63) is 83.9 Å². The third-order valence-electron chi connectivity index (χ3n) is 4.26. The lowest BCUT2D eigenvalue weighted by atomic mass is 9.87. The maximum absolute atomic E-state index is 12.5. The Kier molecular flexibility index (Phi) is 5.61. The summed E-state index contributed by atoms with van der Waals surface area (Å²) in [5.74, 6) is -0.379. The highest BCUT2D eigenvalue weighted by Gasteiger charge is 2.20. The quantitative estimate of drug-likeness (QED) is 0.528. The Morgan fingerprint density at radius 3 is 2.12 bits per heavy atom. The third-order valence-corrected chi connectivity index (χ3v) is 4.26. The Hall–Kier alpha value is -2.76. The van der Waals surface area contributed by atoms with Gasteiger partial charge < -0.3 is 9.68 Å². The standard InChI is InChI=1S/C21H18BFO3/c1-15-18(20(24)14-26-22(23)25)12-13-19(16-8-4-2-5-9-16)21(15)17-10-6-3-7-11-17/h2-13,25H,14H2,1H3. The van der Waals surface area contributed by atoms with E-state index in [-0.39, 0.29) is 5.78 Å². The van der Waals surface area contributed by atoms with Gasteiger partial charge in [0.25, 0.3) is 0 Å². The van der Waals surface area contributed by atoms with Crippen LogP contribution >= 0.6 is 0 Å². The van der Waals surface area contributed by atoms with E-state index in [1.54, 1.807) is 6.07 Å². The first kappa shape index (κ1) is 18.0. The van der Waals surface area contributed by atoms with Gasteiger partial charge in [0.05, 0.1) is 6.61 Å². The number of ketones is 1. The van der Waals surface area contributed by atoms with E-state index in [0.717, 1.165) is 27.8 Å². The van der Waals surface area contributed by atoms with Crippen molar-refractivity contribution in [2.24, 2.45) is 0 Å². The van der Waals surface area contributed by atoms with Crippen LogP contribution in [0.1, 0.15) is 15.9 Å². The van der Waals surface area contributed by atoms with E-state index >= 15 is 0 Å². The Morgan fingerprint density at radius 1 is 0.962 bits per heavy atom. The number of carbonyl (C=O) groups excluding carboxylic acids is 1. The Morgan fingerprint density at radius 2 is 1.54 bits per heavy atom. The summed E-state index contributed by atoms with van der Waals surface area (Å²) in [5, 5.41) is 8.60. The van der Waals surface area contributed by atoms with Gasteiger partial charge in [-0.15, -0.1) is 0 Å². The lowest BCUT2D eigenvalue weighted by Crippen LogP contribution is -2.19. The molecule has 0 atom stereocenters. The number of Topliss-reactive ketones (excluding diaryl/α,β-unsaturated/α-hetero) is 1. The van der Waals surface area contributed by atoms with Crippen LogP contribution in [0, 0.1) is 6.92 Å². The van der Waals surface area contributed by atoms with Crippen molar-refractivity contribution in [3.63, 3.8) is 0 Å². The van der Waals surface area contributed by atoms with E-state index in [2.05, 4.69) is 4.65 Å². The van der Waals surface area contributed by atoms with Crippen molar-refractivity contribution in [2.75, 3.05) is 6.61 Å². The van der Waals surface area contributed by atoms with Crippen molar-refractivity contribution < 1.29 is 18.8 Å². The summed E-state index contributed by atoms with van der Waals surface area (Å²) >= 11 is 0. The molecule has 0 aliphatic heterocycles. The van der Waals surface area contributed by atoms with Gasteiger partial charge in [-0.25, -0.2) is 0 Å². The van der Waals surface area contributed by atoms with E-state index in [0.29, 0.717) is 5.56 Å². The normalized spacial score (nSPS) is 10.6. The highest BCUT2D eigenvalue weighted by atomic mass is 19.1. The first-order valence-electron chi connectivity index (χ1n) is 8.29. The molecule has 0 radical (unpaired) electrons. The second kappa shape index (κ2) is 8.08. The molecule has 0 saturated heterocycles. The summed E-state index contributed by atoms with van der Waals surface area (Å²) in [6.07, 6.45) is 0. The second-order valence-corrected chi connectivity index (χ2v) is 5.92. The molecule has 0 unspecified atom stereocenters. The summed E-state index contributed by atoms with van der Waals surface area (Å²) in [6, 6.07) is 23.4. The number of halogens is 1. The zero-order valence-electron chi connectivity index (χ0n) is 14.4. The molecule has 0 bridgehead atoms. The monoisotopic (exact) mass is 348 g/mol. The Balaban J connectivity index is 2.13. The smallest absolute Gasteiger partial charge is 0.398 e. The number of hydrogen-bond acceptors (Lipinski definition) is 3. The molecular weight excluding hydrogens is 330 g/mol. The highest BCUT2D eigenvalue weighted by Crippen LogP contribution is 2.36. The van der Waals surface area contributed by atoms with Gasteiger partial charge in [-0.3, -0.25) is 9.11 Å². The maximum Gasteiger partial charge on any atom is 0.677 e. The topological polar surface area (TPSA) is 46.5 Å². The molecular formula is C21H18BFO3. The van der Waals surface area contributed by atoms with Crippen LogP contribution in [0.3, 0.4) is 0 Å². The van der Waals surface area contributed by atoms with E-state index in [4.69, 9.17) is 5.02 Å². The van der Waals surface area contributed by atoms with E-state index in [9.17, 15) is 9.11 Å². The van der Waals surface area contributed by atoms with Crippen LogP contribution < -0.4 is 0 Å². The van der Waals surface area contributed by atoms with Gasteiger partial charge in [-0.2, -0.15) is 0 Å². The predicted octanol–water partition coefficient (Wildman–Crippen LogP) is 4.48. The summed E-state index contributed by atoms with van der Waals surface area (Å²) in [6.45, 7) is 1.35. The first-order chi connectivity index (χ1) is 12.6. The SMILES string of the molecule is Cc1c(C(=O)COB(O)F)ccc(-c2ccccc2)c1-c1ccccc1. The first-order valence-corrected chi connectivity index (χ1v) is 8.29. The fourth-order valence-corrected chi connectivity index (χ4v) is 3.07. The lowest BCUT2D eigenvalue weighted by Gasteiger charge is -2.17. The van der Waals surface area contributed by atoms with Gasteiger partial charge in [0.15, 0.2) is 5.78 Å². The maximum atomic E-state index is 12.5. The van der Waals surface area contributed by atoms with E-state index < -0.39 is 14.0 Å². The zero-order chi connectivity index (χ0) is 18.5. The molecule has 26 heavy (non-hydrogen) atoms. The second-order valence-electron chi connectivity index (χ2n) is 5.92. The molecule has 0 aliphatic carbocycles. The highest BCUT2D eigenvalue weighted by molar-refractivity contribution is 6.34. The number of rotatable bonds is 6. The number of carbonyl (C=O) groups is 1. The molecule has 0 aliphatic rings. The molecule has 3 nitrogen and oxygen atoms in total. The molecule has 0 heterocycles. The Bertz CT molecular complexity index is 896. The zero-order valence-corrected chi connectivity index (χ0v) is 14.4. The van der Waals surface area contributed by atoms with Crippen LogP contribution in [-0.2, 0) is 4.65 Å². The summed E-state index contributed by atoms with van der Waals surface area (Å²) in [5.41, 5.74) is 5.23. The van der Waals surface area contributed by atoms with Gasteiger partial charge >= 0.3 is 7.40 Å². The van der Waals surface area contributed by atoms with Gasteiger partial charge in [0, 0.05) is 5.56 Å². The molecule has 5 heteroatoms. The molecule has 0 fully saturated rings. The summed E-state index contributed by atoms with van der Waals surface area (Å²) < 4.78 is 16.9.